The number of methoxy groups -OCH3 is 1. The molecular formula is C14H21NO5S. The van der Waals surface area contributed by atoms with Crippen LogP contribution in [0.15, 0.2) is 29.2 Å². The Morgan fingerprint density at radius 2 is 2.10 bits per heavy atom. The van der Waals surface area contributed by atoms with E-state index in [1.54, 1.807) is 6.92 Å². The minimum atomic E-state index is -3.79. The van der Waals surface area contributed by atoms with Gasteiger partial charge in [0.15, 0.2) is 0 Å². The molecule has 1 atom stereocenters. The number of sulfonamides is 1. The van der Waals surface area contributed by atoms with Crippen molar-refractivity contribution in [2.75, 3.05) is 13.7 Å². The minimum Gasteiger partial charge on any atom is -0.465 e. The molecule has 0 aliphatic carbocycles. The fourth-order valence-electron chi connectivity index (χ4n) is 1.84. The smallest absolute Gasteiger partial charge is 0.337 e. The molecule has 1 aromatic rings. The largest absolute Gasteiger partial charge is 0.465 e. The number of carbonyl (C=O) groups is 1. The van der Waals surface area contributed by atoms with Crippen LogP contribution in [0.3, 0.4) is 0 Å². The van der Waals surface area contributed by atoms with E-state index in [1.165, 1.54) is 31.4 Å². The molecule has 0 saturated carbocycles. The lowest BCUT2D eigenvalue weighted by atomic mass is 9.97. The van der Waals surface area contributed by atoms with Gasteiger partial charge in [0, 0.05) is 12.1 Å². The van der Waals surface area contributed by atoms with Crippen molar-refractivity contribution >= 4 is 16.0 Å². The van der Waals surface area contributed by atoms with Crippen LogP contribution in [-0.4, -0.2) is 38.7 Å². The van der Waals surface area contributed by atoms with E-state index in [0.717, 1.165) is 0 Å². The molecule has 2 N–H and O–H groups in total. The summed E-state index contributed by atoms with van der Waals surface area (Å²) in [6, 6.07) is 5.64. The van der Waals surface area contributed by atoms with E-state index in [2.05, 4.69) is 9.46 Å². The molecule has 6 nitrogen and oxygen atoms in total. The van der Waals surface area contributed by atoms with Gasteiger partial charge in [-0.05, 0) is 38.0 Å². The van der Waals surface area contributed by atoms with Crippen LogP contribution in [0, 0.1) is 0 Å². The van der Waals surface area contributed by atoms with Crippen molar-refractivity contribution in [1.29, 1.82) is 0 Å². The van der Waals surface area contributed by atoms with Gasteiger partial charge in [-0.2, -0.15) is 0 Å². The molecule has 0 heterocycles. The first kappa shape index (κ1) is 17.6. The lowest BCUT2D eigenvalue weighted by molar-refractivity contribution is 0.0600. The number of hydrogen-bond donors (Lipinski definition) is 2. The molecule has 1 aromatic carbocycles. The highest BCUT2D eigenvalue weighted by molar-refractivity contribution is 7.89. The van der Waals surface area contributed by atoms with E-state index >= 15 is 0 Å². The number of carbonyl (C=O) groups excluding carboxylic acids is 1. The van der Waals surface area contributed by atoms with Crippen LogP contribution >= 0.6 is 0 Å². The molecule has 0 aromatic heterocycles. The molecule has 0 saturated heterocycles. The van der Waals surface area contributed by atoms with Crippen LogP contribution in [0.25, 0.3) is 0 Å². The van der Waals surface area contributed by atoms with Crippen LogP contribution in [0.1, 0.15) is 37.0 Å². The lowest BCUT2D eigenvalue weighted by Gasteiger charge is -2.28. The molecule has 0 radical (unpaired) electrons. The highest BCUT2D eigenvalue weighted by Crippen LogP contribution is 2.20. The van der Waals surface area contributed by atoms with E-state index in [-0.39, 0.29) is 17.1 Å². The third-order valence-corrected chi connectivity index (χ3v) is 5.03. The fourth-order valence-corrected chi connectivity index (χ4v) is 3.39. The van der Waals surface area contributed by atoms with Crippen molar-refractivity contribution in [2.24, 2.45) is 0 Å². The summed E-state index contributed by atoms with van der Waals surface area (Å²) in [7, 11) is -2.55. The van der Waals surface area contributed by atoms with Gasteiger partial charge in [-0.3, -0.25) is 0 Å². The maximum absolute atomic E-state index is 12.4. The second-order valence-electron chi connectivity index (χ2n) is 5.01. The normalized spacial score (nSPS) is 14.5. The summed E-state index contributed by atoms with van der Waals surface area (Å²) in [6.07, 6.45) is 0.836. The molecule has 0 bridgehead atoms. The standard InChI is InChI=1S/C14H21NO5S/c1-4-14(2,8-9-16)15-21(18,19)12-7-5-6-11(10-12)13(17)20-3/h5-7,10,15-16H,4,8-9H2,1-3H3. The van der Waals surface area contributed by atoms with Crippen LogP contribution < -0.4 is 4.72 Å². The number of nitrogens with one attached hydrogen (secondary N) is 1. The van der Waals surface area contributed by atoms with Crippen molar-refractivity contribution in [3.05, 3.63) is 29.8 Å². The zero-order valence-corrected chi connectivity index (χ0v) is 13.2. The minimum absolute atomic E-state index is 0.0111. The summed E-state index contributed by atoms with van der Waals surface area (Å²) in [6.45, 7) is 3.45. The predicted molar refractivity (Wildman–Crippen MR) is 78.5 cm³/mol. The van der Waals surface area contributed by atoms with Crippen LogP contribution in [0.5, 0.6) is 0 Å². The summed E-state index contributed by atoms with van der Waals surface area (Å²) in [5.41, 5.74) is -0.574. The van der Waals surface area contributed by atoms with Gasteiger partial charge in [0.2, 0.25) is 10.0 Å². The zero-order chi connectivity index (χ0) is 16.1. The Morgan fingerprint density at radius 3 is 2.62 bits per heavy atom. The summed E-state index contributed by atoms with van der Waals surface area (Å²) in [4.78, 5) is 11.5. The molecule has 0 aliphatic heterocycles. The van der Waals surface area contributed by atoms with E-state index in [4.69, 9.17) is 5.11 Å². The summed E-state index contributed by atoms with van der Waals surface area (Å²) in [5, 5.41) is 9.05. The molecule has 0 aliphatic rings. The first-order chi connectivity index (χ1) is 9.78. The van der Waals surface area contributed by atoms with Crippen molar-refractivity contribution in [2.45, 2.75) is 37.1 Å². The number of hydrogen-bond acceptors (Lipinski definition) is 5. The van der Waals surface area contributed by atoms with Gasteiger partial charge < -0.3 is 9.84 Å². The Bertz CT molecular complexity index is 599. The third kappa shape index (κ3) is 4.52. The topological polar surface area (TPSA) is 92.7 Å². The molecule has 0 fully saturated rings. The van der Waals surface area contributed by atoms with Gasteiger partial charge in [-0.1, -0.05) is 13.0 Å². The number of rotatable bonds is 7. The highest BCUT2D eigenvalue weighted by Gasteiger charge is 2.29. The van der Waals surface area contributed by atoms with Crippen LogP contribution in [0.2, 0.25) is 0 Å². The van der Waals surface area contributed by atoms with Gasteiger partial charge in [-0.25, -0.2) is 17.9 Å². The fraction of sp³-hybridized carbons (Fsp3) is 0.500. The number of esters is 1. The summed E-state index contributed by atoms with van der Waals surface area (Å²) >= 11 is 0. The molecule has 118 valence electrons. The van der Waals surface area contributed by atoms with Crippen molar-refractivity contribution in [3.63, 3.8) is 0 Å². The second kappa shape index (κ2) is 7.02. The van der Waals surface area contributed by atoms with Gasteiger partial charge >= 0.3 is 5.97 Å². The lowest BCUT2D eigenvalue weighted by Crippen LogP contribution is -2.46. The Morgan fingerprint density at radius 1 is 1.43 bits per heavy atom. The van der Waals surface area contributed by atoms with Crippen molar-refractivity contribution < 1.29 is 23.1 Å². The Hall–Kier alpha value is -1.44. The second-order valence-corrected chi connectivity index (χ2v) is 6.70. The number of benzene rings is 1. The Labute approximate surface area is 125 Å². The predicted octanol–water partition coefficient (Wildman–Crippen LogP) is 1.30. The maximum Gasteiger partial charge on any atom is 0.337 e. The van der Waals surface area contributed by atoms with Gasteiger partial charge in [0.05, 0.1) is 17.6 Å². The average molecular weight is 315 g/mol. The van der Waals surface area contributed by atoms with E-state index in [9.17, 15) is 13.2 Å². The zero-order valence-electron chi connectivity index (χ0n) is 12.4. The van der Waals surface area contributed by atoms with Crippen molar-refractivity contribution in [1.82, 2.24) is 4.72 Å². The van der Waals surface area contributed by atoms with Crippen LogP contribution in [-0.2, 0) is 14.8 Å². The SMILES string of the molecule is CCC(C)(CCO)NS(=O)(=O)c1cccc(C(=O)OC)c1. The first-order valence-corrected chi connectivity index (χ1v) is 8.09. The van der Waals surface area contributed by atoms with E-state index in [0.29, 0.717) is 12.8 Å². The molecule has 21 heavy (non-hydrogen) atoms. The third-order valence-electron chi connectivity index (χ3n) is 3.39. The monoisotopic (exact) mass is 315 g/mol. The Kier molecular flexibility index (Phi) is 5.88. The maximum atomic E-state index is 12.4. The average Bonchev–Trinajstić information content (AvgIpc) is 2.46. The Balaban J connectivity index is 3.11. The van der Waals surface area contributed by atoms with Gasteiger partial charge in [0.1, 0.15) is 0 Å². The van der Waals surface area contributed by atoms with Gasteiger partial charge in [0.25, 0.3) is 0 Å². The van der Waals surface area contributed by atoms with E-state index in [1.807, 2.05) is 6.92 Å². The van der Waals surface area contributed by atoms with Gasteiger partial charge in [-0.15, -0.1) is 0 Å². The number of aliphatic hydroxyl groups excluding tert-OH is 1. The first-order valence-electron chi connectivity index (χ1n) is 6.61. The summed E-state index contributed by atoms with van der Waals surface area (Å²) in [5.74, 6) is -0.597. The molecule has 0 amide bonds. The van der Waals surface area contributed by atoms with Crippen molar-refractivity contribution in [3.8, 4) is 0 Å². The molecule has 0 spiro atoms. The molecular weight excluding hydrogens is 294 g/mol. The summed E-state index contributed by atoms with van der Waals surface area (Å²) < 4.78 is 32.0. The number of aliphatic hydroxyl groups is 1. The van der Waals surface area contributed by atoms with E-state index < -0.39 is 21.5 Å². The number of ether oxygens (including phenoxy) is 1. The van der Waals surface area contributed by atoms with Crippen LogP contribution in [0.4, 0.5) is 0 Å². The highest BCUT2D eigenvalue weighted by atomic mass is 32.2. The quantitative estimate of drug-likeness (QED) is 0.740. The molecule has 1 rings (SSSR count). The molecule has 7 heteroatoms. The molecule has 1 unspecified atom stereocenters.